The predicted molar refractivity (Wildman–Crippen MR) is 98.6 cm³/mol. The van der Waals surface area contributed by atoms with Crippen LogP contribution in [-0.4, -0.2) is 75.8 Å². The Morgan fingerprint density at radius 3 is 2.00 bits per heavy atom. The molecular formula is C17H29N3O7. The number of hydrogen-bond donors (Lipinski definition) is 2. The molecule has 0 rings (SSSR count). The average Bonchev–Trinajstić information content (AvgIpc) is 2.63. The van der Waals surface area contributed by atoms with Crippen LogP contribution < -0.4 is 11.1 Å². The Hall–Kier alpha value is -2.88. The molecule has 0 radical (unpaired) electrons. The minimum atomic E-state index is -0.591. The third kappa shape index (κ3) is 21.1. The summed E-state index contributed by atoms with van der Waals surface area (Å²) in [7, 11) is 3.39. The van der Waals surface area contributed by atoms with E-state index in [0.717, 1.165) is 12.2 Å². The molecule has 0 saturated heterocycles. The normalized spacial score (nSPS) is 9.11. The molecule has 0 aliphatic heterocycles. The van der Waals surface area contributed by atoms with Gasteiger partial charge >= 0.3 is 18.0 Å². The van der Waals surface area contributed by atoms with Gasteiger partial charge in [-0.2, -0.15) is 0 Å². The zero-order valence-corrected chi connectivity index (χ0v) is 15.9. The summed E-state index contributed by atoms with van der Waals surface area (Å²) < 4.78 is 14.3. The van der Waals surface area contributed by atoms with Crippen LogP contribution in [0.2, 0.25) is 0 Å². The molecule has 0 bridgehead atoms. The highest BCUT2D eigenvalue weighted by Crippen LogP contribution is 1.94. The molecule has 10 heteroatoms. The maximum Gasteiger partial charge on any atom is 0.330 e. The quantitative estimate of drug-likeness (QED) is 0.273. The fourth-order valence-corrected chi connectivity index (χ4v) is 1.29. The standard InChI is InChI=1S/C9H15NO3.C8H14N2O4/c1-4-9(12)13-7-5-6-8(11)10(2)3;1-2-7(11)14-6-5-13-4-3-10-8(9)12/h4H,1,5-7H2,2-3H3;2H,1,3-6H2,(H3,9,10,12). The van der Waals surface area contributed by atoms with E-state index in [1.54, 1.807) is 14.1 Å². The molecule has 27 heavy (non-hydrogen) atoms. The van der Waals surface area contributed by atoms with E-state index in [0.29, 0.717) is 26.0 Å². The van der Waals surface area contributed by atoms with Gasteiger partial charge in [-0.15, -0.1) is 0 Å². The van der Waals surface area contributed by atoms with E-state index < -0.39 is 18.0 Å². The Kier molecular flexibility index (Phi) is 17.5. The Bertz CT molecular complexity index is 493. The van der Waals surface area contributed by atoms with Crippen molar-refractivity contribution in [2.75, 3.05) is 47.1 Å². The van der Waals surface area contributed by atoms with E-state index in [9.17, 15) is 19.2 Å². The molecule has 0 aromatic carbocycles. The van der Waals surface area contributed by atoms with Gasteiger partial charge in [0.15, 0.2) is 0 Å². The summed E-state index contributed by atoms with van der Waals surface area (Å²) in [6, 6.07) is -0.591. The molecule has 3 N–H and O–H groups in total. The molecule has 3 amide bonds. The SMILES string of the molecule is C=CC(=O)OCCCC(=O)N(C)C.C=CC(=O)OCCOCCNC(N)=O. The number of nitrogens with two attached hydrogens (primary N) is 1. The van der Waals surface area contributed by atoms with Gasteiger partial charge < -0.3 is 30.2 Å². The monoisotopic (exact) mass is 387 g/mol. The Morgan fingerprint density at radius 1 is 0.963 bits per heavy atom. The summed E-state index contributed by atoms with van der Waals surface area (Å²) in [5.41, 5.74) is 4.81. The fraction of sp³-hybridized carbons (Fsp3) is 0.529. The van der Waals surface area contributed by atoms with Crippen molar-refractivity contribution in [1.82, 2.24) is 10.2 Å². The lowest BCUT2D eigenvalue weighted by atomic mass is 10.3. The van der Waals surface area contributed by atoms with Gasteiger partial charge in [-0.1, -0.05) is 13.2 Å². The number of carbonyl (C=O) groups is 4. The highest BCUT2D eigenvalue weighted by atomic mass is 16.6. The van der Waals surface area contributed by atoms with E-state index in [2.05, 4.69) is 23.2 Å². The van der Waals surface area contributed by atoms with Crippen LogP contribution in [0.5, 0.6) is 0 Å². The number of urea groups is 1. The number of esters is 2. The van der Waals surface area contributed by atoms with Crippen LogP contribution in [0.25, 0.3) is 0 Å². The van der Waals surface area contributed by atoms with Crippen LogP contribution in [0.4, 0.5) is 4.79 Å². The molecule has 0 aromatic heterocycles. The summed E-state index contributed by atoms with van der Waals surface area (Å²) in [5.74, 6) is -0.893. The van der Waals surface area contributed by atoms with Crippen molar-refractivity contribution in [2.45, 2.75) is 12.8 Å². The van der Waals surface area contributed by atoms with Crippen molar-refractivity contribution in [3.05, 3.63) is 25.3 Å². The molecule has 10 nitrogen and oxygen atoms in total. The van der Waals surface area contributed by atoms with Crippen molar-refractivity contribution in [3.8, 4) is 0 Å². The second-order valence-corrected chi connectivity index (χ2v) is 5.04. The smallest absolute Gasteiger partial charge is 0.330 e. The van der Waals surface area contributed by atoms with Crippen LogP contribution in [0, 0.1) is 0 Å². The molecular weight excluding hydrogens is 358 g/mol. The van der Waals surface area contributed by atoms with Crippen LogP contribution in [-0.2, 0) is 28.6 Å². The summed E-state index contributed by atoms with van der Waals surface area (Å²) in [4.78, 5) is 43.8. The lowest BCUT2D eigenvalue weighted by molar-refractivity contribution is -0.139. The molecule has 0 saturated carbocycles. The minimum absolute atomic E-state index is 0.0367. The summed E-state index contributed by atoms with van der Waals surface area (Å²) in [6.07, 6.45) is 3.14. The van der Waals surface area contributed by atoms with E-state index in [-0.39, 0.29) is 25.7 Å². The number of amides is 3. The molecule has 154 valence electrons. The molecule has 0 heterocycles. The van der Waals surface area contributed by atoms with Crippen LogP contribution in [0.3, 0.4) is 0 Å². The van der Waals surface area contributed by atoms with E-state index >= 15 is 0 Å². The van der Waals surface area contributed by atoms with Crippen molar-refractivity contribution < 1.29 is 33.4 Å². The first-order valence-electron chi connectivity index (χ1n) is 8.14. The van der Waals surface area contributed by atoms with E-state index in [4.69, 9.17) is 15.2 Å². The molecule has 0 aliphatic rings. The van der Waals surface area contributed by atoms with Crippen LogP contribution >= 0.6 is 0 Å². The number of hydrogen-bond acceptors (Lipinski definition) is 7. The number of rotatable bonds is 12. The predicted octanol–water partition coefficient (Wildman–Crippen LogP) is -0.0155. The molecule has 0 aliphatic carbocycles. The maximum absolute atomic E-state index is 11.0. The van der Waals surface area contributed by atoms with Gasteiger partial charge in [-0.3, -0.25) is 4.79 Å². The lowest BCUT2D eigenvalue weighted by Crippen LogP contribution is -2.32. The molecule has 0 fully saturated rings. The van der Waals surface area contributed by atoms with Gasteiger partial charge in [0.25, 0.3) is 0 Å². The first kappa shape index (κ1) is 26.4. The van der Waals surface area contributed by atoms with Crippen LogP contribution in [0.1, 0.15) is 12.8 Å². The highest BCUT2D eigenvalue weighted by Gasteiger charge is 2.03. The average molecular weight is 387 g/mol. The Labute approximate surface area is 159 Å². The third-order valence-corrected chi connectivity index (χ3v) is 2.63. The van der Waals surface area contributed by atoms with Crippen molar-refractivity contribution in [1.29, 1.82) is 0 Å². The number of carbonyl (C=O) groups excluding carboxylic acids is 4. The van der Waals surface area contributed by atoms with Gasteiger partial charge in [0.05, 0.1) is 19.8 Å². The lowest BCUT2D eigenvalue weighted by Gasteiger charge is -2.09. The summed E-state index contributed by atoms with van der Waals surface area (Å²) in [6.45, 7) is 7.86. The van der Waals surface area contributed by atoms with Gasteiger partial charge in [-0.25, -0.2) is 14.4 Å². The molecule has 0 spiro atoms. The zero-order chi connectivity index (χ0) is 21.1. The molecule has 0 atom stereocenters. The second kappa shape index (κ2) is 17.9. The molecule has 0 aromatic rings. The number of nitrogens with one attached hydrogen (secondary N) is 1. The molecule has 0 unspecified atom stereocenters. The van der Waals surface area contributed by atoms with Crippen molar-refractivity contribution in [2.24, 2.45) is 5.73 Å². The fourth-order valence-electron chi connectivity index (χ4n) is 1.29. The number of ether oxygens (including phenoxy) is 3. The van der Waals surface area contributed by atoms with E-state index in [1.165, 1.54) is 4.90 Å². The Balaban J connectivity index is 0. The largest absolute Gasteiger partial charge is 0.463 e. The number of nitrogens with zero attached hydrogens (tertiary/aromatic N) is 1. The second-order valence-electron chi connectivity index (χ2n) is 5.04. The van der Waals surface area contributed by atoms with E-state index in [1.807, 2.05) is 0 Å². The highest BCUT2D eigenvalue weighted by molar-refractivity contribution is 5.81. The topological polar surface area (TPSA) is 137 Å². The van der Waals surface area contributed by atoms with Crippen LogP contribution in [0.15, 0.2) is 25.3 Å². The first-order chi connectivity index (χ1) is 12.7. The summed E-state index contributed by atoms with van der Waals surface area (Å²) >= 11 is 0. The minimum Gasteiger partial charge on any atom is -0.463 e. The first-order valence-corrected chi connectivity index (χ1v) is 8.14. The van der Waals surface area contributed by atoms with Gasteiger partial charge in [0.2, 0.25) is 5.91 Å². The van der Waals surface area contributed by atoms with Crippen molar-refractivity contribution in [3.63, 3.8) is 0 Å². The summed E-state index contributed by atoms with van der Waals surface area (Å²) in [5, 5.41) is 2.35. The van der Waals surface area contributed by atoms with Gasteiger partial charge in [0.1, 0.15) is 6.61 Å². The maximum atomic E-state index is 11.0. The zero-order valence-electron chi connectivity index (χ0n) is 15.9. The van der Waals surface area contributed by atoms with Gasteiger partial charge in [0, 0.05) is 39.2 Å². The van der Waals surface area contributed by atoms with Gasteiger partial charge in [-0.05, 0) is 6.42 Å². The third-order valence-electron chi connectivity index (χ3n) is 2.63. The van der Waals surface area contributed by atoms with Crippen molar-refractivity contribution >= 4 is 23.9 Å². The number of primary amides is 1. The Morgan fingerprint density at radius 2 is 1.52 bits per heavy atom.